The van der Waals surface area contributed by atoms with Crippen molar-refractivity contribution < 1.29 is 53.5 Å². The second-order valence-corrected chi connectivity index (χ2v) is 15.9. The maximum absolute atomic E-state index is 11.7. The summed E-state index contributed by atoms with van der Waals surface area (Å²) < 4.78 is 14.0. The van der Waals surface area contributed by atoms with Crippen molar-refractivity contribution in [1.82, 2.24) is 0 Å². The first-order valence-corrected chi connectivity index (χ1v) is 24.0. The normalized spacial score (nSPS) is 10.6. The molecule has 0 heterocycles. The van der Waals surface area contributed by atoms with Gasteiger partial charge in [-0.15, -0.1) is 0 Å². The van der Waals surface area contributed by atoms with Crippen LogP contribution < -0.4 is 10.2 Å². The summed E-state index contributed by atoms with van der Waals surface area (Å²) in [5, 5.41) is 30.6. The van der Waals surface area contributed by atoms with Crippen LogP contribution in [0.3, 0.4) is 0 Å². The molecule has 0 radical (unpaired) electrons. The number of ether oxygens (including phenoxy) is 3. The summed E-state index contributed by atoms with van der Waals surface area (Å²) in [7, 11) is 0. The Bertz CT molecular complexity index is 912. The van der Waals surface area contributed by atoms with Crippen LogP contribution in [0, 0.1) is 0 Å². The molecule has 0 rings (SSSR count). The van der Waals surface area contributed by atoms with E-state index in [0.29, 0.717) is 0 Å². The number of carbonyl (C=O) groups excluding carboxylic acids is 5. The van der Waals surface area contributed by atoms with E-state index in [0.717, 1.165) is 25.7 Å². The molecule has 12 heteroatoms. The van der Waals surface area contributed by atoms with Crippen molar-refractivity contribution in [1.29, 1.82) is 0 Å². The molecule has 0 aliphatic rings. The van der Waals surface area contributed by atoms with Gasteiger partial charge < -0.3 is 39.1 Å². The van der Waals surface area contributed by atoms with Crippen LogP contribution in [-0.4, -0.2) is 83.4 Å². The smallest absolute Gasteiger partial charge is 0.550 e. The fourth-order valence-corrected chi connectivity index (χ4v) is 6.66. The van der Waals surface area contributed by atoms with Crippen LogP contribution in [0.1, 0.15) is 253 Å². The van der Waals surface area contributed by atoms with Crippen LogP contribution in [0.2, 0.25) is 0 Å². The van der Waals surface area contributed by atoms with Crippen molar-refractivity contribution in [3.63, 3.8) is 0 Å². The number of hydrogen-bond acceptors (Lipinski definition) is 11. The Kier molecular flexibility index (Phi) is 55.5. The predicted molar refractivity (Wildman–Crippen MR) is 239 cm³/mol. The largest absolute Gasteiger partial charge is 2.00 e. The molecule has 60 heavy (non-hydrogen) atoms. The van der Waals surface area contributed by atoms with E-state index in [-0.39, 0.29) is 55.7 Å². The number of rotatable bonds is 40. The van der Waals surface area contributed by atoms with Crippen molar-refractivity contribution >= 4 is 52.9 Å². The van der Waals surface area contributed by atoms with Gasteiger partial charge in [0.15, 0.2) is 5.60 Å². The molecule has 0 spiro atoms. The fourth-order valence-electron chi connectivity index (χ4n) is 6.66. The molecular weight excluding hydrogens is 777 g/mol. The third kappa shape index (κ3) is 52.2. The Morgan fingerprint density at radius 3 is 0.800 bits per heavy atom. The Balaban J connectivity index is -0.000000389. The molecule has 0 amide bonds. The molecule has 0 saturated heterocycles. The quantitative estimate of drug-likeness (QED) is 0.0268. The number of hydrogen-bond donors (Lipinski definition) is 1. The van der Waals surface area contributed by atoms with Gasteiger partial charge in [-0.05, 0) is 46.5 Å². The molecule has 350 valence electrons. The van der Waals surface area contributed by atoms with Gasteiger partial charge in [-0.2, -0.15) is 0 Å². The molecule has 0 saturated carbocycles. The van der Waals surface area contributed by atoms with E-state index in [1.165, 1.54) is 167 Å². The van der Waals surface area contributed by atoms with Crippen molar-refractivity contribution in [3.05, 3.63) is 0 Å². The molecule has 0 aliphatic heterocycles. The number of carboxylic acid groups (broad SMARTS) is 2. The molecular formula is C48H90MgO11. The topological polar surface area (TPSA) is 179 Å². The van der Waals surface area contributed by atoms with E-state index >= 15 is 0 Å². The summed E-state index contributed by atoms with van der Waals surface area (Å²) in [4.78, 5) is 54.8. The van der Waals surface area contributed by atoms with Crippen molar-refractivity contribution in [2.75, 3.05) is 19.8 Å². The van der Waals surface area contributed by atoms with Gasteiger partial charge in [0, 0.05) is 11.9 Å². The van der Waals surface area contributed by atoms with Gasteiger partial charge in [0.05, 0.1) is 32.7 Å². The summed E-state index contributed by atoms with van der Waals surface area (Å²) in [6.45, 7) is 9.50. The summed E-state index contributed by atoms with van der Waals surface area (Å²) in [5.74, 6) is -4.43. The number of carboxylic acids is 2. The minimum absolute atomic E-state index is 0. The van der Waals surface area contributed by atoms with E-state index in [1.807, 2.05) is 0 Å². The van der Waals surface area contributed by atoms with E-state index in [9.17, 15) is 39.3 Å². The Morgan fingerprint density at radius 2 is 0.600 bits per heavy atom. The number of aliphatic hydroxyl groups is 1. The van der Waals surface area contributed by atoms with Gasteiger partial charge in [0.2, 0.25) is 0 Å². The SMILES string of the molecule is CCCCCCCCCCCCCCCCCC(=O)[O-].CCCCCCCCCCCCCCCCCC(=O)[O-].CCOC(=O)CC(O)(CC(=O)OCC)C(=O)OCC.[Mg+2]. The molecule has 1 N–H and O–H groups in total. The second-order valence-electron chi connectivity index (χ2n) is 15.9. The molecule has 0 aromatic carbocycles. The monoisotopic (exact) mass is 867 g/mol. The minimum Gasteiger partial charge on any atom is -0.550 e. The van der Waals surface area contributed by atoms with Crippen LogP contribution >= 0.6 is 0 Å². The molecule has 0 atom stereocenters. The standard InChI is InChI=1S/2C18H36O2.C12H20O7.Mg/c2*1-2-3-4-5-6-7-8-9-10-11-12-13-14-15-16-17-18(19)20;1-4-17-9(13)7-12(16,11(15)19-6-3)8-10(14)18-5-2;/h2*2-17H2,1H3,(H,19,20);16H,4-8H2,1-3H3;/q;;;+2/p-2. The number of esters is 3. The van der Waals surface area contributed by atoms with Gasteiger partial charge in [-0.1, -0.05) is 194 Å². The number of aliphatic carboxylic acids is 2. The van der Waals surface area contributed by atoms with Gasteiger partial charge in [-0.3, -0.25) is 9.59 Å². The van der Waals surface area contributed by atoms with Crippen molar-refractivity contribution in [2.24, 2.45) is 0 Å². The zero-order chi connectivity index (χ0) is 44.7. The molecule has 0 fully saturated rings. The number of carbonyl (C=O) groups is 5. The molecule has 0 aromatic heterocycles. The average molecular weight is 868 g/mol. The molecule has 11 nitrogen and oxygen atoms in total. The third-order valence-electron chi connectivity index (χ3n) is 10.1. The zero-order valence-electron chi connectivity index (χ0n) is 39.4. The van der Waals surface area contributed by atoms with Gasteiger partial charge in [-0.25, -0.2) is 4.79 Å². The Morgan fingerprint density at radius 1 is 0.383 bits per heavy atom. The summed E-state index contributed by atoms with van der Waals surface area (Å²) in [5.41, 5.74) is -2.26. The maximum atomic E-state index is 11.7. The maximum Gasteiger partial charge on any atom is 2.00 e. The molecule has 0 aliphatic carbocycles. The zero-order valence-corrected chi connectivity index (χ0v) is 40.8. The van der Waals surface area contributed by atoms with E-state index < -0.39 is 48.3 Å². The first-order chi connectivity index (χ1) is 28.4. The van der Waals surface area contributed by atoms with E-state index in [4.69, 9.17) is 0 Å². The first-order valence-electron chi connectivity index (χ1n) is 24.0. The predicted octanol–water partition coefficient (Wildman–Crippen LogP) is 9.80. The van der Waals surface area contributed by atoms with Crippen LogP contribution in [0.25, 0.3) is 0 Å². The number of unbranched alkanes of at least 4 members (excludes halogenated alkanes) is 28. The summed E-state index contributed by atoms with van der Waals surface area (Å²) in [6.07, 6.45) is 38.4. The van der Waals surface area contributed by atoms with Gasteiger partial charge in [0.25, 0.3) is 0 Å². The van der Waals surface area contributed by atoms with Gasteiger partial charge in [0.1, 0.15) is 0 Å². The van der Waals surface area contributed by atoms with E-state index in [2.05, 4.69) is 28.1 Å². The van der Waals surface area contributed by atoms with Gasteiger partial charge >= 0.3 is 41.0 Å². The fraction of sp³-hybridized carbons (Fsp3) is 0.896. The Hall–Kier alpha value is -1.92. The third-order valence-corrected chi connectivity index (χ3v) is 10.1. The van der Waals surface area contributed by atoms with Crippen LogP contribution in [-0.2, 0) is 38.2 Å². The molecule has 0 aromatic rings. The van der Waals surface area contributed by atoms with Crippen LogP contribution in [0.4, 0.5) is 0 Å². The van der Waals surface area contributed by atoms with Crippen LogP contribution in [0.5, 0.6) is 0 Å². The summed E-state index contributed by atoms with van der Waals surface area (Å²) >= 11 is 0. The summed E-state index contributed by atoms with van der Waals surface area (Å²) in [6, 6.07) is 0. The van der Waals surface area contributed by atoms with E-state index in [1.54, 1.807) is 20.8 Å². The molecule has 0 unspecified atom stereocenters. The Labute approximate surface area is 383 Å². The van der Waals surface area contributed by atoms with Crippen molar-refractivity contribution in [3.8, 4) is 0 Å². The first kappa shape index (κ1) is 64.7. The van der Waals surface area contributed by atoms with Crippen LogP contribution in [0.15, 0.2) is 0 Å². The average Bonchev–Trinajstić information content (AvgIpc) is 3.18. The van der Waals surface area contributed by atoms with Crippen molar-refractivity contribution in [2.45, 2.75) is 259 Å². The second kappa shape index (κ2) is 51.4. The molecule has 0 bridgehead atoms. The minimum atomic E-state index is -2.26.